The normalized spacial score (nSPS) is 11.0. The van der Waals surface area contributed by atoms with Crippen molar-refractivity contribution >= 4 is 29.0 Å². The second-order valence-corrected chi connectivity index (χ2v) is 8.23. The third kappa shape index (κ3) is 3.99. The summed E-state index contributed by atoms with van der Waals surface area (Å²) < 4.78 is 15.4. The first-order chi connectivity index (χ1) is 15.3. The number of aromatic nitrogens is 2. The maximum atomic E-state index is 14.2. The third-order valence-corrected chi connectivity index (χ3v) is 5.80. The highest BCUT2D eigenvalue weighted by atomic mass is 32.1. The summed E-state index contributed by atoms with van der Waals surface area (Å²) >= 11 is 5.31. The monoisotopic (exact) mass is 447 g/mol. The second-order valence-electron chi connectivity index (χ2n) is 7.84. The van der Waals surface area contributed by atoms with Crippen LogP contribution < -0.4 is 10.9 Å². The van der Waals surface area contributed by atoms with Crippen molar-refractivity contribution in [3.05, 3.63) is 103 Å². The average Bonchev–Trinajstić information content (AvgIpc) is 2.73. The topological polar surface area (TPSA) is 66.9 Å². The molecule has 32 heavy (non-hydrogen) atoms. The van der Waals surface area contributed by atoms with Crippen LogP contribution in [0.25, 0.3) is 16.6 Å². The van der Waals surface area contributed by atoms with Crippen LogP contribution in [0.2, 0.25) is 0 Å². The number of halogens is 1. The van der Waals surface area contributed by atoms with E-state index in [1.54, 1.807) is 30.3 Å². The number of fused-ring (bicyclic) bond motifs is 1. The van der Waals surface area contributed by atoms with E-state index >= 15 is 0 Å². The van der Waals surface area contributed by atoms with Crippen LogP contribution in [0.3, 0.4) is 0 Å². The highest BCUT2D eigenvalue weighted by Gasteiger charge is 2.14. The Hall–Kier alpha value is -3.58. The first kappa shape index (κ1) is 21.6. The number of hydrogen-bond acceptors (Lipinski definition) is 3. The Morgan fingerprint density at radius 3 is 2.44 bits per heavy atom. The van der Waals surface area contributed by atoms with Gasteiger partial charge in [0.15, 0.2) is 4.77 Å². The number of para-hydroxylation sites is 1. The lowest BCUT2D eigenvalue weighted by molar-refractivity contribution is 0.0951. The summed E-state index contributed by atoms with van der Waals surface area (Å²) in [7, 11) is 0. The molecule has 162 valence electrons. The van der Waals surface area contributed by atoms with Crippen molar-refractivity contribution in [2.75, 3.05) is 0 Å². The van der Waals surface area contributed by atoms with Crippen LogP contribution in [0.1, 0.15) is 32.6 Å². The van der Waals surface area contributed by atoms with Gasteiger partial charge in [-0.25, -0.2) is 8.96 Å². The maximum Gasteiger partial charge on any atom is 0.266 e. The van der Waals surface area contributed by atoms with Gasteiger partial charge in [-0.1, -0.05) is 29.8 Å². The quantitative estimate of drug-likeness (QED) is 0.431. The standard InChI is InChI=1S/C25H22FN3O2S/c1-14-10-15(2)19(16(3)11-14)13-27-23(30)17-8-9-18-21(12-17)28-25(32)29(24(18)31)22-7-5-4-6-20(22)26/h4-12H,13H2,1-3H3,(H,27,30)(H,28,32). The predicted molar refractivity (Wildman–Crippen MR) is 127 cm³/mol. The summed E-state index contributed by atoms with van der Waals surface area (Å²) in [6, 6.07) is 14.8. The van der Waals surface area contributed by atoms with Crippen molar-refractivity contribution in [1.82, 2.24) is 14.9 Å². The minimum atomic E-state index is -0.550. The summed E-state index contributed by atoms with van der Waals surface area (Å²) in [6.45, 7) is 6.50. The maximum absolute atomic E-state index is 14.2. The van der Waals surface area contributed by atoms with E-state index < -0.39 is 11.4 Å². The van der Waals surface area contributed by atoms with Crippen molar-refractivity contribution in [2.24, 2.45) is 0 Å². The smallest absolute Gasteiger partial charge is 0.266 e. The molecule has 1 heterocycles. The second kappa shape index (κ2) is 8.51. The Labute approximate surface area is 189 Å². The molecule has 0 saturated heterocycles. The number of nitrogens with zero attached hydrogens (tertiary/aromatic N) is 1. The van der Waals surface area contributed by atoms with Crippen LogP contribution in [-0.4, -0.2) is 15.5 Å². The highest BCUT2D eigenvalue weighted by Crippen LogP contribution is 2.18. The van der Waals surface area contributed by atoms with Crippen LogP contribution in [0.5, 0.6) is 0 Å². The fraction of sp³-hybridized carbons (Fsp3) is 0.160. The van der Waals surface area contributed by atoms with Gasteiger partial charge in [0, 0.05) is 12.1 Å². The van der Waals surface area contributed by atoms with E-state index in [1.165, 1.54) is 17.7 Å². The van der Waals surface area contributed by atoms with E-state index in [9.17, 15) is 14.0 Å². The zero-order chi connectivity index (χ0) is 23.0. The predicted octanol–water partition coefficient (Wildman–Crippen LogP) is 5.04. The lowest BCUT2D eigenvalue weighted by atomic mass is 10.00. The molecular weight excluding hydrogens is 425 g/mol. The van der Waals surface area contributed by atoms with Crippen LogP contribution in [0.15, 0.2) is 59.4 Å². The average molecular weight is 448 g/mol. The Bertz CT molecular complexity index is 1460. The van der Waals surface area contributed by atoms with E-state index in [0.29, 0.717) is 23.0 Å². The van der Waals surface area contributed by atoms with Crippen molar-refractivity contribution < 1.29 is 9.18 Å². The number of carbonyl (C=O) groups excluding carboxylic acids is 1. The number of carbonyl (C=O) groups is 1. The Morgan fingerprint density at radius 1 is 1.06 bits per heavy atom. The van der Waals surface area contributed by atoms with E-state index in [-0.39, 0.29) is 16.4 Å². The number of hydrogen-bond donors (Lipinski definition) is 2. The molecule has 0 unspecified atom stereocenters. The molecule has 0 aliphatic carbocycles. The zero-order valence-corrected chi connectivity index (χ0v) is 18.8. The molecular formula is C25H22FN3O2S. The van der Waals surface area contributed by atoms with Gasteiger partial charge in [-0.3, -0.25) is 9.59 Å². The minimum absolute atomic E-state index is 0.0519. The SMILES string of the molecule is Cc1cc(C)c(CNC(=O)c2ccc3c(=O)n(-c4ccccc4F)c(=S)[nH]c3c2)c(C)c1. The van der Waals surface area contributed by atoms with E-state index in [0.717, 1.165) is 21.3 Å². The molecule has 4 rings (SSSR count). The Kier molecular flexibility index (Phi) is 5.76. The number of H-pyrrole nitrogens is 1. The summed E-state index contributed by atoms with van der Waals surface area (Å²) in [5.74, 6) is -0.810. The number of aryl methyl sites for hydroxylation is 3. The van der Waals surface area contributed by atoms with Gasteiger partial charge in [-0.2, -0.15) is 0 Å². The molecule has 1 aromatic heterocycles. The molecule has 0 fully saturated rings. The summed E-state index contributed by atoms with van der Waals surface area (Å²) in [5, 5.41) is 3.25. The van der Waals surface area contributed by atoms with Crippen molar-refractivity contribution in [1.29, 1.82) is 0 Å². The molecule has 1 amide bonds. The number of rotatable bonds is 4. The summed E-state index contributed by atoms with van der Waals surface area (Å²) in [6.07, 6.45) is 0. The van der Waals surface area contributed by atoms with Gasteiger partial charge in [-0.15, -0.1) is 0 Å². The lowest BCUT2D eigenvalue weighted by Crippen LogP contribution is -2.25. The molecule has 0 spiro atoms. The first-order valence-corrected chi connectivity index (χ1v) is 10.6. The van der Waals surface area contributed by atoms with Crippen molar-refractivity contribution in [3.8, 4) is 5.69 Å². The molecule has 0 atom stereocenters. The Balaban J connectivity index is 1.67. The van der Waals surface area contributed by atoms with Gasteiger partial charge in [-0.05, 0) is 80.0 Å². The largest absolute Gasteiger partial charge is 0.348 e. The fourth-order valence-corrected chi connectivity index (χ4v) is 4.26. The van der Waals surface area contributed by atoms with E-state index in [1.807, 2.05) is 20.8 Å². The van der Waals surface area contributed by atoms with Crippen molar-refractivity contribution in [3.63, 3.8) is 0 Å². The highest BCUT2D eigenvalue weighted by molar-refractivity contribution is 7.71. The molecule has 5 nitrogen and oxygen atoms in total. The molecule has 7 heteroatoms. The molecule has 0 saturated carbocycles. The number of benzene rings is 3. The van der Waals surface area contributed by atoms with Crippen LogP contribution >= 0.6 is 12.2 Å². The van der Waals surface area contributed by atoms with E-state index in [2.05, 4.69) is 22.4 Å². The van der Waals surface area contributed by atoms with Gasteiger partial charge in [0.05, 0.1) is 16.6 Å². The summed E-state index contributed by atoms with van der Waals surface area (Å²) in [5.41, 5.74) is 4.95. The minimum Gasteiger partial charge on any atom is -0.348 e. The molecule has 3 aromatic carbocycles. The van der Waals surface area contributed by atoms with Gasteiger partial charge in [0.2, 0.25) is 0 Å². The zero-order valence-electron chi connectivity index (χ0n) is 18.0. The van der Waals surface area contributed by atoms with Crippen LogP contribution in [0.4, 0.5) is 4.39 Å². The fourth-order valence-electron chi connectivity index (χ4n) is 3.97. The van der Waals surface area contributed by atoms with Crippen LogP contribution in [-0.2, 0) is 6.54 Å². The molecule has 0 aliphatic rings. The summed E-state index contributed by atoms with van der Waals surface area (Å²) in [4.78, 5) is 28.7. The first-order valence-electron chi connectivity index (χ1n) is 10.1. The number of amides is 1. The lowest BCUT2D eigenvalue weighted by Gasteiger charge is -2.13. The number of aromatic amines is 1. The van der Waals surface area contributed by atoms with Gasteiger partial charge in [0.25, 0.3) is 11.5 Å². The molecule has 4 aromatic rings. The molecule has 0 bridgehead atoms. The number of nitrogens with one attached hydrogen (secondary N) is 2. The van der Waals surface area contributed by atoms with Crippen LogP contribution in [0, 0.1) is 31.4 Å². The van der Waals surface area contributed by atoms with E-state index in [4.69, 9.17) is 12.2 Å². The molecule has 0 radical (unpaired) electrons. The third-order valence-electron chi connectivity index (χ3n) is 5.52. The van der Waals surface area contributed by atoms with Gasteiger partial charge in [0.1, 0.15) is 5.82 Å². The molecule has 0 aliphatic heterocycles. The molecule has 2 N–H and O–H groups in total. The van der Waals surface area contributed by atoms with Gasteiger partial charge < -0.3 is 10.3 Å². The Morgan fingerprint density at radius 2 is 1.75 bits per heavy atom. The van der Waals surface area contributed by atoms with Crippen molar-refractivity contribution in [2.45, 2.75) is 27.3 Å². The van der Waals surface area contributed by atoms with Gasteiger partial charge >= 0.3 is 0 Å².